The molecule has 4 nitrogen and oxygen atoms in total. The summed E-state index contributed by atoms with van der Waals surface area (Å²) in [6.07, 6.45) is 5.77. The Morgan fingerprint density at radius 2 is 2.14 bits per heavy atom. The summed E-state index contributed by atoms with van der Waals surface area (Å²) in [6.45, 7) is 2.99. The molecule has 1 aromatic carbocycles. The van der Waals surface area contributed by atoms with Gasteiger partial charge < -0.3 is 15.0 Å². The van der Waals surface area contributed by atoms with Crippen LogP contribution in [0.4, 0.5) is 10.5 Å². The average Bonchev–Trinajstić information content (AvgIpc) is 2.94. The van der Waals surface area contributed by atoms with Crippen LogP contribution in [-0.2, 0) is 6.42 Å². The fourth-order valence-corrected chi connectivity index (χ4v) is 3.50. The van der Waals surface area contributed by atoms with Crippen LogP contribution in [0.1, 0.15) is 38.2 Å². The van der Waals surface area contributed by atoms with Crippen LogP contribution in [0.15, 0.2) is 18.2 Å². The molecule has 2 atom stereocenters. The van der Waals surface area contributed by atoms with Crippen LogP contribution in [0.2, 0.25) is 0 Å². The van der Waals surface area contributed by atoms with E-state index in [1.165, 1.54) is 24.8 Å². The van der Waals surface area contributed by atoms with Gasteiger partial charge >= 0.3 is 6.03 Å². The van der Waals surface area contributed by atoms with Gasteiger partial charge in [-0.05, 0) is 42.5 Å². The molecule has 1 aliphatic carbocycles. The third kappa shape index (κ3) is 2.99. The Balaban J connectivity index is 1.65. The van der Waals surface area contributed by atoms with Crippen molar-refractivity contribution in [1.29, 1.82) is 0 Å². The van der Waals surface area contributed by atoms with Crippen molar-refractivity contribution in [2.24, 2.45) is 5.92 Å². The van der Waals surface area contributed by atoms with E-state index in [9.17, 15) is 4.79 Å². The number of carbonyl (C=O) groups is 1. The van der Waals surface area contributed by atoms with E-state index in [0.29, 0.717) is 12.0 Å². The number of fused-ring (bicyclic) bond motifs is 1. The minimum absolute atomic E-state index is 0.00684. The maximum Gasteiger partial charge on any atom is 0.321 e. The van der Waals surface area contributed by atoms with Crippen molar-refractivity contribution in [3.05, 3.63) is 23.8 Å². The van der Waals surface area contributed by atoms with Gasteiger partial charge in [0.05, 0.1) is 6.61 Å². The molecule has 0 bridgehead atoms. The Bertz CT molecular complexity index is 530. The van der Waals surface area contributed by atoms with Gasteiger partial charge in [-0.15, -0.1) is 0 Å². The number of ether oxygens (including phenoxy) is 1. The largest absolute Gasteiger partial charge is 0.493 e. The fraction of sp³-hybridized carbons (Fsp3) is 0.588. The molecular formula is C17H24N2O2. The van der Waals surface area contributed by atoms with Gasteiger partial charge in [-0.2, -0.15) is 0 Å². The van der Waals surface area contributed by atoms with Gasteiger partial charge in [-0.1, -0.05) is 19.8 Å². The molecule has 2 aliphatic rings. The van der Waals surface area contributed by atoms with E-state index in [2.05, 4.69) is 12.2 Å². The first-order valence-corrected chi connectivity index (χ1v) is 7.94. The highest BCUT2D eigenvalue weighted by Gasteiger charge is 2.28. The van der Waals surface area contributed by atoms with Gasteiger partial charge in [0.25, 0.3) is 0 Å². The molecule has 0 spiro atoms. The van der Waals surface area contributed by atoms with Gasteiger partial charge in [0, 0.05) is 25.2 Å². The zero-order valence-electron chi connectivity index (χ0n) is 12.9. The number of carbonyl (C=O) groups excluding carboxylic acids is 1. The zero-order valence-corrected chi connectivity index (χ0v) is 12.9. The van der Waals surface area contributed by atoms with Crippen molar-refractivity contribution >= 4 is 11.7 Å². The van der Waals surface area contributed by atoms with Gasteiger partial charge in [-0.25, -0.2) is 4.79 Å². The van der Waals surface area contributed by atoms with Crippen LogP contribution >= 0.6 is 0 Å². The molecule has 0 saturated heterocycles. The van der Waals surface area contributed by atoms with E-state index in [-0.39, 0.29) is 6.03 Å². The lowest BCUT2D eigenvalue weighted by Gasteiger charge is -2.36. The van der Waals surface area contributed by atoms with Crippen molar-refractivity contribution in [3.8, 4) is 5.75 Å². The Kier molecular flexibility index (Phi) is 4.04. The number of hydrogen-bond donors (Lipinski definition) is 1. The Morgan fingerprint density at radius 3 is 2.95 bits per heavy atom. The molecule has 1 saturated carbocycles. The minimum atomic E-state index is -0.00684. The smallest absolute Gasteiger partial charge is 0.321 e. The lowest BCUT2D eigenvalue weighted by atomic mass is 9.85. The third-order valence-electron chi connectivity index (χ3n) is 4.82. The van der Waals surface area contributed by atoms with E-state index < -0.39 is 0 Å². The Morgan fingerprint density at radius 1 is 1.33 bits per heavy atom. The molecule has 3 rings (SSSR count). The van der Waals surface area contributed by atoms with Crippen LogP contribution in [0.3, 0.4) is 0 Å². The number of nitrogens with zero attached hydrogens (tertiary/aromatic N) is 1. The van der Waals surface area contributed by atoms with E-state index in [1.807, 2.05) is 30.1 Å². The summed E-state index contributed by atoms with van der Waals surface area (Å²) in [5.74, 6) is 1.53. The second kappa shape index (κ2) is 5.96. The predicted octanol–water partition coefficient (Wildman–Crippen LogP) is 3.66. The predicted molar refractivity (Wildman–Crippen MR) is 83.8 cm³/mol. The van der Waals surface area contributed by atoms with Gasteiger partial charge in [-0.3, -0.25) is 0 Å². The summed E-state index contributed by atoms with van der Waals surface area (Å²) in [5.41, 5.74) is 2.04. The Hall–Kier alpha value is -1.71. The molecule has 1 fully saturated rings. The maximum atomic E-state index is 12.4. The molecule has 1 heterocycles. The van der Waals surface area contributed by atoms with Crippen molar-refractivity contribution in [2.75, 3.05) is 19.0 Å². The summed E-state index contributed by atoms with van der Waals surface area (Å²) < 4.78 is 5.49. The number of nitrogens with one attached hydrogen (secondary N) is 1. The summed E-state index contributed by atoms with van der Waals surface area (Å²) in [4.78, 5) is 14.3. The molecule has 114 valence electrons. The normalized spacial score (nSPS) is 24.1. The topological polar surface area (TPSA) is 41.6 Å². The molecular weight excluding hydrogens is 264 g/mol. The molecule has 1 aromatic rings. The first-order valence-electron chi connectivity index (χ1n) is 7.94. The number of anilines is 1. The summed E-state index contributed by atoms with van der Waals surface area (Å²) in [7, 11) is 1.91. The zero-order chi connectivity index (χ0) is 14.8. The summed E-state index contributed by atoms with van der Waals surface area (Å²) in [5, 5.41) is 3.02. The average molecular weight is 288 g/mol. The lowest BCUT2D eigenvalue weighted by Crippen LogP contribution is -2.44. The molecule has 4 heteroatoms. The second-order valence-electron chi connectivity index (χ2n) is 6.29. The van der Waals surface area contributed by atoms with Crippen molar-refractivity contribution < 1.29 is 9.53 Å². The van der Waals surface area contributed by atoms with Crippen LogP contribution in [0.5, 0.6) is 5.75 Å². The number of benzene rings is 1. The van der Waals surface area contributed by atoms with E-state index in [1.54, 1.807) is 0 Å². The van der Waals surface area contributed by atoms with Crippen molar-refractivity contribution in [3.63, 3.8) is 0 Å². The summed E-state index contributed by atoms with van der Waals surface area (Å²) >= 11 is 0. The molecule has 2 amide bonds. The Labute approximate surface area is 126 Å². The molecule has 0 radical (unpaired) electrons. The molecule has 2 unspecified atom stereocenters. The summed E-state index contributed by atoms with van der Waals surface area (Å²) in [6, 6.07) is 6.24. The maximum absolute atomic E-state index is 12.4. The SMILES string of the molecule is CC1CCCCC1N(C)C(=O)Nc1ccc2c(c1)CCO2. The standard InChI is InChI=1S/C17H24N2O2/c1-12-5-3-4-6-15(12)19(2)17(20)18-14-7-8-16-13(11-14)9-10-21-16/h7-8,11-12,15H,3-6,9-10H2,1-2H3,(H,18,20). The lowest BCUT2D eigenvalue weighted by molar-refractivity contribution is 0.155. The molecule has 1 N–H and O–H groups in total. The molecule has 21 heavy (non-hydrogen) atoms. The van der Waals surface area contributed by atoms with Gasteiger partial charge in [0.1, 0.15) is 5.75 Å². The van der Waals surface area contributed by atoms with Crippen LogP contribution in [0, 0.1) is 5.92 Å². The molecule has 1 aliphatic heterocycles. The minimum Gasteiger partial charge on any atom is -0.493 e. The first kappa shape index (κ1) is 14.2. The van der Waals surface area contributed by atoms with E-state index in [4.69, 9.17) is 4.74 Å². The highest BCUT2D eigenvalue weighted by Crippen LogP contribution is 2.29. The van der Waals surface area contributed by atoms with Gasteiger partial charge in [0.2, 0.25) is 0 Å². The van der Waals surface area contributed by atoms with Crippen LogP contribution in [0.25, 0.3) is 0 Å². The van der Waals surface area contributed by atoms with Crippen molar-refractivity contribution in [1.82, 2.24) is 4.90 Å². The monoisotopic (exact) mass is 288 g/mol. The van der Waals surface area contributed by atoms with Crippen LogP contribution < -0.4 is 10.1 Å². The van der Waals surface area contributed by atoms with E-state index in [0.717, 1.165) is 30.9 Å². The second-order valence-corrected chi connectivity index (χ2v) is 6.29. The number of urea groups is 1. The van der Waals surface area contributed by atoms with Gasteiger partial charge in [0.15, 0.2) is 0 Å². The number of hydrogen-bond acceptors (Lipinski definition) is 2. The van der Waals surface area contributed by atoms with Crippen LogP contribution in [-0.4, -0.2) is 30.6 Å². The molecule has 0 aromatic heterocycles. The first-order chi connectivity index (χ1) is 10.1. The van der Waals surface area contributed by atoms with Crippen molar-refractivity contribution in [2.45, 2.75) is 45.1 Å². The quantitative estimate of drug-likeness (QED) is 0.902. The highest BCUT2D eigenvalue weighted by molar-refractivity contribution is 5.89. The number of rotatable bonds is 2. The third-order valence-corrected chi connectivity index (χ3v) is 4.82. The van der Waals surface area contributed by atoms with E-state index >= 15 is 0 Å². The number of amides is 2. The fourth-order valence-electron chi connectivity index (χ4n) is 3.50. The highest BCUT2D eigenvalue weighted by atomic mass is 16.5.